The summed E-state index contributed by atoms with van der Waals surface area (Å²) in [6.45, 7) is 9.89. The van der Waals surface area contributed by atoms with Crippen molar-refractivity contribution < 1.29 is 19.3 Å². The molecule has 0 fully saturated rings. The zero-order valence-corrected chi connectivity index (χ0v) is 11.6. The summed E-state index contributed by atoms with van der Waals surface area (Å²) >= 11 is 0. The summed E-state index contributed by atoms with van der Waals surface area (Å²) in [4.78, 5) is 0. The van der Waals surface area contributed by atoms with Gasteiger partial charge in [0.25, 0.3) is 0 Å². The largest absolute Gasteiger partial charge is 0.394 e. The lowest BCUT2D eigenvalue weighted by molar-refractivity contribution is -0.0745. The smallest absolute Gasteiger partial charge is 0.0781 e. The van der Waals surface area contributed by atoms with Crippen LogP contribution < -0.4 is 0 Å². The lowest BCUT2D eigenvalue weighted by Crippen LogP contribution is -2.26. The molecule has 1 N–H and O–H groups in total. The highest BCUT2D eigenvalue weighted by atomic mass is 16.6. The Bertz CT molecular complexity index is 163. The Morgan fingerprint density at radius 1 is 0.882 bits per heavy atom. The number of rotatable bonds is 11. The van der Waals surface area contributed by atoms with Crippen molar-refractivity contribution in [2.24, 2.45) is 0 Å². The number of hydrogen-bond donors (Lipinski definition) is 1. The highest BCUT2D eigenvalue weighted by Gasteiger charge is 2.08. The molecular formula is C13H28O4. The third-order valence-electron chi connectivity index (χ3n) is 2.39. The van der Waals surface area contributed by atoms with E-state index >= 15 is 0 Å². The molecule has 104 valence electrons. The Labute approximate surface area is 105 Å². The Morgan fingerprint density at radius 3 is 1.94 bits per heavy atom. The molecule has 0 aromatic carbocycles. The van der Waals surface area contributed by atoms with Crippen molar-refractivity contribution in [3.05, 3.63) is 0 Å². The second-order valence-electron chi connectivity index (χ2n) is 4.51. The van der Waals surface area contributed by atoms with Gasteiger partial charge in [-0.1, -0.05) is 13.3 Å². The Balaban J connectivity index is 3.44. The molecule has 0 aliphatic carbocycles. The predicted molar refractivity (Wildman–Crippen MR) is 68.2 cm³/mol. The molecule has 0 rings (SSSR count). The third-order valence-corrected chi connectivity index (χ3v) is 2.39. The van der Waals surface area contributed by atoms with E-state index in [9.17, 15) is 0 Å². The molecule has 0 amide bonds. The maximum absolute atomic E-state index is 8.80. The van der Waals surface area contributed by atoms with Gasteiger partial charge in [-0.05, 0) is 27.2 Å². The van der Waals surface area contributed by atoms with Crippen molar-refractivity contribution >= 4 is 0 Å². The van der Waals surface area contributed by atoms with Gasteiger partial charge in [0.05, 0.1) is 38.1 Å². The summed E-state index contributed by atoms with van der Waals surface area (Å²) in [7, 11) is 0. The third kappa shape index (κ3) is 10.7. The van der Waals surface area contributed by atoms with E-state index in [4.69, 9.17) is 19.3 Å². The first kappa shape index (κ1) is 16.8. The fourth-order valence-corrected chi connectivity index (χ4v) is 1.18. The summed E-state index contributed by atoms with van der Waals surface area (Å²) in [6.07, 6.45) is 2.27. The van der Waals surface area contributed by atoms with Gasteiger partial charge in [-0.25, -0.2) is 0 Å². The second-order valence-corrected chi connectivity index (χ2v) is 4.51. The second kappa shape index (κ2) is 11.0. The van der Waals surface area contributed by atoms with Gasteiger partial charge in [-0.2, -0.15) is 0 Å². The lowest BCUT2D eigenvalue weighted by Gasteiger charge is -2.19. The monoisotopic (exact) mass is 248 g/mol. The molecule has 0 bridgehead atoms. The van der Waals surface area contributed by atoms with Crippen LogP contribution in [-0.2, 0) is 14.2 Å². The van der Waals surface area contributed by atoms with Gasteiger partial charge in [0.15, 0.2) is 0 Å². The number of ether oxygens (including phenoxy) is 3. The number of aliphatic hydroxyl groups is 1. The van der Waals surface area contributed by atoms with Gasteiger partial charge in [0.1, 0.15) is 0 Å². The molecule has 17 heavy (non-hydrogen) atoms. The number of aliphatic hydroxyl groups excluding tert-OH is 1. The molecule has 0 aliphatic rings. The summed E-state index contributed by atoms with van der Waals surface area (Å²) in [5.41, 5.74) is 0. The molecule has 0 aromatic rings. The molecule has 0 heterocycles. The van der Waals surface area contributed by atoms with Crippen LogP contribution in [-0.4, -0.2) is 49.8 Å². The average molecular weight is 248 g/mol. The van der Waals surface area contributed by atoms with Crippen LogP contribution in [0.1, 0.15) is 40.5 Å². The highest BCUT2D eigenvalue weighted by Crippen LogP contribution is 2.00. The van der Waals surface area contributed by atoms with E-state index in [0.717, 1.165) is 19.4 Å². The SMILES string of the molecule is CCCCOC(C)COC(C)COC(C)CO. The molecule has 3 atom stereocenters. The molecule has 0 aliphatic heterocycles. The van der Waals surface area contributed by atoms with E-state index in [0.29, 0.717) is 13.2 Å². The fourth-order valence-electron chi connectivity index (χ4n) is 1.18. The van der Waals surface area contributed by atoms with Crippen molar-refractivity contribution in [3.8, 4) is 0 Å². The Morgan fingerprint density at radius 2 is 1.41 bits per heavy atom. The van der Waals surface area contributed by atoms with Crippen LogP contribution in [0.25, 0.3) is 0 Å². The first-order chi connectivity index (χ1) is 8.10. The van der Waals surface area contributed by atoms with Crippen LogP contribution in [0.5, 0.6) is 0 Å². The topological polar surface area (TPSA) is 47.9 Å². The van der Waals surface area contributed by atoms with E-state index in [-0.39, 0.29) is 24.9 Å². The van der Waals surface area contributed by atoms with Gasteiger partial charge >= 0.3 is 0 Å². The minimum Gasteiger partial charge on any atom is -0.394 e. The maximum atomic E-state index is 8.80. The van der Waals surface area contributed by atoms with Gasteiger partial charge in [-0.15, -0.1) is 0 Å². The van der Waals surface area contributed by atoms with Crippen LogP contribution in [0.4, 0.5) is 0 Å². The highest BCUT2D eigenvalue weighted by molar-refractivity contribution is 4.54. The van der Waals surface area contributed by atoms with E-state index in [1.165, 1.54) is 0 Å². The summed E-state index contributed by atoms with van der Waals surface area (Å²) in [5, 5.41) is 8.80. The maximum Gasteiger partial charge on any atom is 0.0781 e. The molecule has 4 heteroatoms. The summed E-state index contributed by atoms with van der Waals surface area (Å²) in [6, 6.07) is 0. The fraction of sp³-hybridized carbons (Fsp3) is 1.00. The normalized spacial score (nSPS) is 16.8. The van der Waals surface area contributed by atoms with Crippen molar-refractivity contribution in [3.63, 3.8) is 0 Å². The van der Waals surface area contributed by atoms with Crippen molar-refractivity contribution in [1.82, 2.24) is 0 Å². The van der Waals surface area contributed by atoms with E-state index in [1.54, 1.807) is 0 Å². The van der Waals surface area contributed by atoms with Crippen LogP contribution in [0, 0.1) is 0 Å². The van der Waals surface area contributed by atoms with Crippen molar-refractivity contribution in [1.29, 1.82) is 0 Å². The van der Waals surface area contributed by atoms with Gasteiger partial charge in [0.2, 0.25) is 0 Å². The Hall–Kier alpha value is -0.160. The first-order valence-electron chi connectivity index (χ1n) is 6.55. The van der Waals surface area contributed by atoms with E-state index in [1.807, 2.05) is 20.8 Å². The molecule has 3 unspecified atom stereocenters. The van der Waals surface area contributed by atoms with Crippen LogP contribution in [0.15, 0.2) is 0 Å². The predicted octanol–water partition coefficient (Wildman–Crippen LogP) is 1.99. The molecule has 0 saturated carbocycles. The van der Waals surface area contributed by atoms with Gasteiger partial charge in [0, 0.05) is 6.61 Å². The van der Waals surface area contributed by atoms with Crippen LogP contribution in [0.3, 0.4) is 0 Å². The molecule has 0 radical (unpaired) electrons. The van der Waals surface area contributed by atoms with Gasteiger partial charge < -0.3 is 19.3 Å². The average Bonchev–Trinajstić information content (AvgIpc) is 2.33. The van der Waals surface area contributed by atoms with Crippen molar-refractivity contribution in [2.45, 2.75) is 58.8 Å². The molecule has 0 aromatic heterocycles. The molecule has 0 spiro atoms. The van der Waals surface area contributed by atoms with Crippen LogP contribution in [0.2, 0.25) is 0 Å². The van der Waals surface area contributed by atoms with Gasteiger partial charge in [-0.3, -0.25) is 0 Å². The molecular weight excluding hydrogens is 220 g/mol. The minimum absolute atomic E-state index is 0.0289. The standard InChI is InChI=1S/C13H28O4/c1-5-6-7-15-12(3)9-17-13(4)10-16-11(2)8-14/h11-14H,5-10H2,1-4H3. The summed E-state index contributed by atoms with van der Waals surface area (Å²) < 4.78 is 16.5. The number of unbranched alkanes of at least 4 members (excludes halogenated alkanes) is 1. The first-order valence-corrected chi connectivity index (χ1v) is 6.55. The number of hydrogen-bond acceptors (Lipinski definition) is 4. The quantitative estimate of drug-likeness (QED) is 0.568. The van der Waals surface area contributed by atoms with E-state index < -0.39 is 0 Å². The van der Waals surface area contributed by atoms with Crippen molar-refractivity contribution in [2.75, 3.05) is 26.4 Å². The van der Waals surface area contributed by atoms with Crippen LogP contribution >= 0.6 is 0 Å². The molecule has 4 nitrogen and oxygen atoms in total. The zero-order chi connectivity index (χ0) is 13.1. The van der Waals surface area contributed by atoms with E-state index in [2.05, 4.69) is 6.92 Å². The summed E-state index contributed by atoms with van der Waals surface area (Å²) in [5.74, 6) is 0. The Kier molecular flexibility index (Phi) is 10.9. The zero-order valence-electron chi connectivity index (χ0n) is 11.6. The lowest BCUT2D eigenvalue weighted by atomic mass is 10.3. The minimum atomic E-state index is -0.126. The molecule has 0 saturated heterocycles.